The summed E-state index contributed by atoms with van der Waals surface area (Å²) < 4.78 is 5.84. The van der Waals surface area contributed by atoms with Crippen LogP contribution in [0.2, 0.25) is 0 Å². The molecule has 0 fully saturated rings. The van der Waals surface area contributed by atoms with Gasteiger partial charge in [0.2, 0.25) is 5.91 Å². The van der Waals surface area contributed by atoms with Gasteiger partial charge in [0, 0.05) is 24.2 Å². The molecule has 1 rings (SSSR count). The minimum absolute atomic E-state index is 0.00575. The second-order valence-corrected chi connectivity index (χ2v) is 8.21. The Balaban J connectivity index is 2.23. The number of rotatable bonds is 12. The zero-order valence-electron chi connectivity index (χ0n) is 17.0. The molecule has 1 amide bonds. The number of aliphatic hydroxyl groups is 1. The van der Waals surface area contributed by atoms with E-state index < -0.39 is 5.60 Å². The second-order valence-electron chi connectivity index (χ2n) is 8.21. The predicted molar refractivity (Wildman–Crippen MR) is 108 cm³/mol. The fourth-order valence-corrected chi connectivity index (χ4v) is 2.62. The molecule has 0 spiro atoms. The van der Waals surface area contributed by atoms with Gasteiger partial charge < -0.3 is 20.9 Å². The molecular formula is C21H34N2O4. The lowest BCUT2D eigenvalue weighted by Gasteiger charge is -2.27. The minimum Gasteiger partial charge on any atom is -0.398 e. The minimum atomic E-state index is -0.720. The highest BCUT2D eigenvalue weighted by Crippen LogP contribution is 2.18. The second kappa shape index (κ2) is 10.4. The van der Waals surface area contributed by atoms with Crippen LogP contribution in [-0.4, -0.2) is 41.7 Å². The smallest absolute Gasteiger partial charge is 0.220 e. The van der Waals surface area contributed by atoms with Crippen LogP contribution in [0.5, 0.6) is 0 Å². The number of nitrogens with two attached hydrogens (primary N) is 1. The Hall–Kier alpha value is -1.92. The van der Waals surface area contributed by atoms with Crippen molar-refractivity contribution in [2.24, 2.45) is 0 Å². The predicted octanol–water partition coefficient (Wildman–Crippen LogP) is 2.87. The highest BCUT2D eigenvalue weighted by atomic mass is 16.5. The number of aldehydes is 1. The molecule has 0 aromatic heterocycles. The first-order chi connectivity index (χ1) is 12.5. The van der Waals surface area contributed by atoms with E-state index in [0.29, 0.717) is 43.7 Å². The summed E-state index contributed by atoms with van der Waals surface area (Å²) in [4.78, 5) is 22.7. The van der Waals surface area contributed by atoms with Gasteiger partial charge in [-0.3, -0.25) is 9.59 Å². The van der Waals surface area contributed by atoms with E-state index in [0.717, 1.165) is 24.7 Å². The molecule has 0 saturated heterocycles. The molecule has 1 aromatic rings. The summed E-state index contributed by atoms with van der Waals surface area (Å²) in [5.74, 6) is -0.00575. The van der Waals surface area contributed by atoms with Crippen molar-refractivity contribution in [3.63, 3.8) is 0 Å². The molecule has 0 atom stereocenters. The summed E-state index contributed by atoms with van der Waals surface area (Å²) in [6.45, 7) is 8.69. The van der Waals surface area contributed by atoms with Gasteiger partial charge in [0.1, 0.15) is 0 Å². The van der Waals surface area contributed by atoms with Crippen molar-refractivity contribution in [3.8, 4) is 0 Å². The Labute approximate surface area is 162 Å². The molecule has 0 aliphatic heterocycles. The average molecular weight is 379 g/mol. The fraction of sp³-hybridized carbons (Fsp3) is 0.619. The summed E-state index contributed by atoms with van der Waals surface area (Å²) in [5.41, 5.74) is 6.62. The molecule has 0 radical (unpaired) electrons. The zero-order chi connectivity index (χ0) is 20.5. The molecular weight excluding hydrogens is 344 g/mol. The van der Waals surface area contributed by atoms with Crippen LogP contribution < -0.4 is 11.1 Å². The number of anilines is 1. The monoisotopic (exact) mass is 378 g/mol. The van der Waals surface area contributed by atoms with Crippen molar-refractivity contribution >= 4 is 17.9 Å². The third-order valence-electron chi connectivity index (χ3n) is 4.40. The van der Waals surface area contributed by atoms with Gasteiger partial charge in [-0.05, 0) is 71.1 Å². The van der Waals surface area contributed by atoms with E-state index in [9.17, 15) is 14.7 Å². The van der Waals surface area contributed by atoms with Crippen LogP contribution >= 0.6 is 0 Å². The zero-order valence-corrected chi connectivity index (χ0v) is 17.0. The molecule has 6 heteroatoms. The standard InChI is InChI=1S/C21H34N2O4/c1-20(2,26)11-13-27-21(3,4)10-5-12-23-19(25)9-7-16-6-8-17(15-24)18(22)14-16/h6,8,14-15,26H,5,7,9-13,22H2,1-4H3,(H,23,25). The van der Waals surface area contributed by atoms with Gasteiger partial charge in [-0.25, -0.2) is 0 Å². The van der Waals surface area contributed by atoms with E-state index in [1.165, 1.54) is 0 Å². The SMILES string of the molecule is CC(C)(O)CCOC(C)(C)CCCNC(=O)CCc1ccc(C=O)c(N)c1. The number of aryl methyl sites for hydroxylation is 1. The van der Waals surface area contributed by atoms with Gasteiger partial charge in [-0.2, -0.15) is 0 Å². The maximum Gasteiger partial charge on any atom is 0.220 e. The van der Waals surface area contributed by atoms with Crippen molar-refractivity contribution in [1.82, 2.24) is 5.32 Å². The summed E-state index contributed by atoms with van der Waals surface area (Å²) in [7, 11) is 0. The number of nitrogens with one attached hydrogen (secondary N) is 1. The summed E-state index contributed by atoms with van der Waals surface area (Å²) in [6.07, 6.45) is 3.92. The number of amides is 1. The van der Waals surface area contributed by atoms with Gasteiger partial charge in [0.15, 0.2) is 6.29 Å². The molecule has 4 N–H and O–H groups in total. The van der Waals surface area contributed by atoms with E-state index in [1.807, 2.05) is 19.9 Å². The quantitative estimate of drug-likeness (QED) is 0.295. The van der Waals surface area contributed by atoms with Gasteiger partial charge in [-0.1, -0.05) is 6.07 Å². The molecule has 0 heterocycles. The molecule has 6 nitrogen and oxygen atoms in total. The Morgan fingerprint density at radius 3 is 2.56 bits per heavy atom. The molecule has 0 saturated carbocycles. The molecule has 0 aliphatic rings. The van der Waals surface area contributed by atoms with E-state index in [-0.39, 0.29) is 11.5 Å². The third kappa shape index (κ3) is 10.1. The number of carbonyl (C=O) groups is 2. The Morgan fingerprint density at radius 2 is 1.96 bits per heavy atom. The number of nitrogen functional groups attached to an aromatic ring is 1. The molecule has 152 valence electrons. The van der Waals surface area contributed by atoms with Crippen molar-refractivity contribution in [1.29, 1.82) is 0 Å². The molecule has 1 aromatic carbocycles. The van der Waals surface area contributed by atoms with E-state index in [4.69, 9.17) is 10.5 Å². The lowest BCUT2D eigenvalue weighted by molar-refractivity contribution is -0.121. The highest BCUT2D eigenvalue weighted by Gasteiger charge is 2.20. The molecule has 27 heavy (non-hydrogen) atoms. The van der Waals surface area contributed by atoms with E-state index in [2.05, 4.69) is 5.32 Å². The lowest BCUT2D eigenvalue weighted by atomic mass is 10.0. The maximum atomic E-state index is 12.0. The van der Waals surface area contributed by atoms with E-state index in [1.54, 1.807) is 26.0 Å². The highest BCUT2D eigenvalue weighted by molar-refractivity contribution is 5.83. The summed E-state index contributed by atoms with van der Waals surface area (Å²) in [6, 6.07) is 5.24. The number of hydrogen-bond acceptors (Lipinski definition) is 5. The van der Waals surface area contributed by atoms with Crippen molar-refractivity contribution in [2.45, 2.75) is 71.0 Å². The first-order valence-electron chi connectivity index (χ1n) is 9.49. The Kier molecular flexibility index (Phi) is 8.93. The average Bonchev–Trinajstić information content (AvgIpc) is 2.55. The van der Waals surface area contributed by atoms with Gasteiger partial charge in [-0.15, -0.1) is 0 Å². The fourth-order valence-electron chi connectivity index (χ4n) is 2.62. The van der Waals surface area contributed by atoms with Crippen LogP contribution in [0.25, 0.3) is 0 Å². The Bertz CT molecular complexity index is 621. The van der Waals surface area contributed by atoms with Crippen LogP contribution in [0.3, 0.4) is 0 Å². The number of ether oxygens (including phenoxy) is 1. The van der Waals surface area contributed by atoms with Crippen LogP contribution in [0, 0.1) is 0 Å². The van der Waals surface area contributed by atoms with Crippen LogP contribution in [0.1, 0.15) is 69.3 Å². The molecule has 0 unspecified atom stereocenters. The van der Waals surface area contributed by atoms with Crippen molar-refractivity contribution < 1.29 is 19.4 Å². The van der Waals surface area contributed by atoms with Crippen LogP contribution in [0.4, 0.5) is 5.69 Å². The largest absolute Gasteiger partial charge is 0.398 e. The van der Waals surface area contributed by atoms with Crippen molar-refractivity contribution in [2.75, 3.05) is 18.9 Å². The number of carbonyl (C=O) groups excluding carboxylic acids is 2. The first-order valence-corrected chi connectivity index (χ1v) is 9.49. The maximum absolute atomic E-state index is 12.0. The summed E-state index contributed by atoms with van der Waals surface area (Å²) in [5, 5.41) is 12.6. The first kappa shape index (κ1) is 23.1. The van der Waals surface area contributed by atoms with Crippen LogP contribution in [-0.2, 0) is 16.0 Å². The topological polar surface area (TPSA) is 102 Å². The molecule has 0 aliphatic carbocycles. The van der Waals surface area contributed by atoms with Gasteiger partial charge >= 0.3 is 0 Å². The Morgan fingerprint density at radius 1 is 1.26 bits per heavy atom. The lowest BCUT2D eigenvalue weighted by Crippen LogP contribution is -2.31. The normalized spacial score (nSPS) is 12.0. The van der Waals surface area contributed by atoms with E-state index >= 15 is 0 Å². The van der Waals surface area contributed by atoms with Gasteiger partial charge in [0.05, 0.1) is 17.8 Å². The molecule has 0 bridgehead atoms. The number of benzene rings is 1. The number of hydrogen-bond donors (Lipinski definition) is 3. The third-order valence-corrected chi connectivity index (χ3v) is 4.40. The van der Waals surface area contributed by atoms with Crippen molar-refractivity contribution in [3.05, 3.63) is 29.3 Å². The van der Waals surface area contributed by atoms with Gasteiger partial charge in [0.25, 0.3) is 0 Å². The summed E-state index contributed by atoms with van der Waals surface area (Å²) >= 11 is 0. The van der Waals surface area contributed by atoms with Crippen LogP contribution in [0.15, 0.2) is 18.2 Å².